The molecule has 3 nitrogen and oxygen atoms in total. The number of fused-ring (bicyclic) bond motifs is 1. The number of hydrogen-bond donors (Lipinski definition) is 0. The third-order valence-corrected chi connectivity index (χ3v) is 4.36. The van der Waals surface area contributed by atoms with Gasteiger partial charge in [0.25, 0.3) is 0 Å². The van der Waals surface area contributed by atoms with Gasteiger partial charge in [0.2, 0.25) is 5.91 Å². The van der Waals surface area contributed by atoms with E-state index in [1.807, 2.05) is 0 Å². The summed E-state index contributed by atoms with van der Waals surface area (Å²) in [5.74, 6) is 0.379. The quantitative estimate of drug-likeness (QED) is 0.545. The van der Waals surface area contributed by atoms with Gasteiger partial charge in [-0.2, -0.15) is 0 Å². The average molecular weight is 237 g/mol. The molecule has 1 aliphatic carbocycles. The molecule has 0 aromatic rings. The Bertz CT molecular complexity index is 354. The summed E-state index contributed by atoms with van der Waals surface area (Å²) in [5, 5.41) is 0. The third kappa shape index (κ3) is 2.13. The summed E-state index contributed by atoms with van der Waals surface area (Å²) in [5.41, 5.74) is 0.176. The molecular formula is C14H23NO2. The lowest BCUT2D eigenvalue weighted by Gasteiger charge is -2.38. The summed E-state index contributed by atoms with van der Waals surface area (Å²) in [4.78, 5) is 13.2. The molecule has 0 aromatic carbocycles. The molecule has 96 valence electrons. The predicted octanol–water partition coefficient (Wildman–Crippen LogP) is 2.22. The van der Waals surface area contributed by atoms with Crippen molar-refractivity contribution in [2.75, 3.05) is 14.1 Å². The largest absolute Gasteiger partial charge is 0.366 e. The number of carbonyl (C=O) groups is 1. The van der Waals surface area contributed by atoms with Crippen molar-refractivity contribution in [1.29, 1.82) is 0 Å². The average Bonchev–Trinajstić information content (AvgIpc) is 2.87. The van der Waals surface area contributed by atoms with Crippen molar-refractivity contribution >= 4 is 5.91 Å². The van der Waals surface area contributed by atoms with Crippen LogP contribution in [0.15, 0.2) is 12.2 Å². The van der Waals surface area contributed by atoms with Crippen LogP contribution in [-0.4, -0.2) is 36.6 Å². The van der Waals surface area contributed by atoms with E-state index in [-0.39, 0.29) is 16.9 Å². The molecule has 1 saturated carbocycles. The second-order valence-corrected chi connectivity index (χ2v) is 6.39. The Hall–Kier alpha value is -0.830. The Morgan fingerprint density at radius 2 is 2.00 bits per heavy atom. The van der Waals surface area contributed by atoms with Crippen LogP contribution in [0.2, 0.25) is 0 Å². The van der Waals surface area contributed by atoms with Gasteiger partial charge in [-0.05, 0) is 31.3 Å². The van der Waals surface area contributed by atoms with E-state index in [9.17, 15) is 4.79 Å². The van der Waals surface area contributed by atoms with Gasteiger partial charge < -0.3 is 9.64 Å². The highest BCUT2D eigenvalue weighted by Crippen LogP contribution is 2.58. The van der Waals surface area contributed by atoms with Crippen molar-refractivity contribution in [3.05, 3.63) is 12.2 Å². The normalized spacial score (nSPS) is 38.9. The van der Waals surface area contributed by atoms with E-state index < -0.39 is 0 Å². The van der Waals surface area contributed by atoms with Gasteiger partial charge in [-0.15, -0.1) is 0 Å². The monoisotopic (exact) mass is 237 g/mol. The van der Waals surface area contributed by atoms with Gasteiger partial charge in [-0.1, -0.05) is 19.9 Å². The third-order valence-electron chi connectivity index (χ3n) is 4.36. The fourth-order valence-corrected chi connectivity index (χ4v) is 3.11. The van der Waals surface area contributed by atoms with Crippen LogP contribution in [0, 0.1) is 11.3 Å². The number of hydrogen-bond acceptors (Lipinski definition) is 2. The van der Waals surface area contributed by atoms with E-state index in [2.05, 4.69) is 26.8 Å². The van der Waals surface area contributed by atoms with E-state index in [4.69, 9.17) is 4.74 Å². The van der Waals surface area contributed by atoms with Crippen LogP contribution >= 0.6 is 0 Å². The highest BCUT2D eigenvalue weighted by molar-refractivity contribution is 5.87. The maximum absolute atomic E-state index is 11.6. The van der Waals surface area contributed by atoms with Crippen LogP contribution in [0.1, 0.15) is 33.6 Å². The number of epoxide rings is 1. The molecule has 1 amide bonds. The minimum Gasteiger partial charge on any atom is -0.366 e. The zero-order valence-electron chi connectivity index (χ0n) is 11.5. The number of nitrogens with zero attached hydrogens (tertiary/aromatic N) is 1. The Labute approximate surface area is 104 Å². The van der Waals surface area contributed by atoms with Crippen molar-refractivity contribution in [2.45, 2.75) is 45.3 Å². The van der Waals surface area contributed by atoms with Gasteiger partial charge in [0.05, 0.1) is 11.7 Å². The topological polar surface area (TPSA) is 32.8 Å². The Balaban J connectivity index is 2.15. The molecule has 1 aliphatic heterocycles. The summed E-state index contributed by atoms with van der Waals surface area (Å²) in [6.45, 7) is 6.71. The van der Waals surface area contributed by atoms with Crippen molar-refractivity contribution in [3.8, 4) is 0 Å². The molecule has 0 bridgehead atoms. The first-order valence-corrected chi connectivity index (χ1v) is 6.35. The lowest BCUT2D eigenvalue weighted by Crippen LogP contribution is -2.39. The highest BCUT2D eigenvalue weighted by atomic mass is 16.6. The fraction of sp³-hybridized carbons (Fsp3) is 0.786. The molecule has 2 rings (SSSR count). The van der Waals surface area contributed by atoms with Gasteiger partial charge in [0.15, 0.2) is 0 Å². The molecule has 2 fully saturated rings. The first-order chi connectivity index (χ1) is 7.77. The van der Waals surface area contributed by atoms with Crippen molar-refractivity contribution in [3.63, 3.8) is 0 Å². The van der Waals surface area contributed by atoms with Crippen LogP contribution in [0.4, 0.5) is 0 Å². The van der Waals surface area contributed by atoms with Crippen molar-refractivity contribution in [1.82, 2.24) is 4.90 Å². The summed E-state index contributed by atoms with van der Waals surface area (Å²) in [6.07, 6.45) is 6.47. The Morgan fingerprint density at radius 3 is 2.59 bits per heavy atom. The summed E-state index contributed by atoms with van der Waals surface area (Å²) >= 11 is 0. The summed E-state index contributed by atoms with van der Waals surface area (Å²) in [6, 6.07) is 0. The molecule has 3 atom stereocenters. The van der Waals surface area contributed by atoms with Crippen molar-refractivity contribution < 1.29 is 9.53 Å². The first kappa shape index (κ1) is 12.6. The zero-order valence-corrected chi connectivity index (χ0v) is 11.5. The second-order valence-electron chi connectivity index (χ2n) is 6.39. The molecule has 2 aliphatic rings. The molecule has 1 saturated heterocycles. The van der Waals surface area contributed by atoms with Crippen LogP contribution in [-0.2, 0) is 9.53 Å². The standard InChI is InChI=1S/C14H23NO2/c1-13(2)9-8-11-14(3,17-11)10(13)6-7-12(16)15(4)5/h6-7,10-11H,8-9H2,1-5H3/b7-6+/t10-,11-,14+/m1/s1. The molecule has 0 N–H and O–H groups in total. The summed E-state index contributed by atoms with van der Waals surface area (Å²) < 4.78 is 5.83. The van der Waals surface area contributed by atoms with Gasteiger partial charge in [0.1, 0.15) is 0 Å². The Kier molecular flexibility index (Phi) is 2.85. The molecule has 1 heterocycles. The Morgan fingerprint density at radius 1 is 1.35 bits per heavy atom. The van der Waals surface area contributed by atoms with Crippen LogP contribution in [0.3, 0.4) is 0 Å². The lowest BCUT2D eigenvalue weighted by molar-refractivity contribution is -0.123. The first-order valence-electron chi connectivity index (χ1n) is 6.35. The molecule has 17 heavy (non-hydrogen) atoms. The van der Waals surface area contributed by atoms with E-state index in [1.165, 1.54) is 6.42 Å². The lowest BCUT2D eigenvalue weighted by atomic mass is 9.64. The predicted molar refractivity (Wildman–Crippen MR) is 67.6 cm³/mol. The molecule has 3 heteroatoms. The van der Waals surface area contributed by atoms with Crippen LogP contribution in [0.25, 0.3) is 0 Å². The van der Waals surface area contributed by atoms with Gasteiger partial charge >= 0.3 is 0 Å². The van der Waals surface area contributed by atoms with Crippen LogP contribution < -0.4 is 0 Å². The molecule has 0 aromatic heterocycles. The second kappa shape index (κ2) is 3.84. The SMILES string of the molecule is CN(C)C(=O)/C=C/[C@@H]1C(C)(C)CC[C@H]2O[C@@]12C. The molecule has 0 spiro atoms. The molecular weight excluding hydrogens is 214 g/mol. The molecule has 0 unspecified atom stereocenters. The summed E-state index contributed by atoms with van der Waals surface area (Å²) in [7, 11) is 3.55. The maximum Gasteiger partial charge on any atom is 0.245 e. The smallest absolute Gasteiger partial charge is 0.245 e. The fourth-order valence-electron chi connectivity index (χ4n) is 3.11. The van der Waals surface area contributed by atoms with Gasteiger partial charge in [-0.25, -0.2) is 0 Å². The maximum atomic E-state index is 11.6. The zero-order chi connectivity index (χ0) is 12.8. The van der Waals surface area contributed by atoms with Crippen LogP contribution in [0.5, 0.6) is 0 Å². The van der Waals surface area contributed by atoms with Gasteiger partial charge in [-0.3, -0.25) is 4.79 Å². The number of rotatable bonds is 2. The minimum atomic E-state index is -0.0369. The molecule has 0 radical (unpaired) electrons. The highest BCUT2D eigenvalue weighted by Gasteiger charge is 2.63. The minimum absolute atomic E-state index is 0.0369. The van der Waals surface area contributed by atoms with E-state index >= 15 is 0 Å². The van der Waals surface area contributed by atoms with Crippen molar-refractivity contribution in [2.24, 2.45) is 11.3 Å². The van der Waals surface area contributed by atoms with Gasteiger partial charge in [0, 0.05) is 20.0 Å². The number of amides is 1. The number of ether oxygens (including phenoxy) is 1. The number of carbonyl (C=O) groups excluding carboxylic acids is 1. The van der Waals surface area contributed by atoms with E-state index in [0.29, 0.717) is 12.0 Å². The van der Waals surface area contributed by atoms with E-state index in [0.717, 1.165) is 6.42 Å². The van der Waals surface area contributed by atoms with E-state index in [1.54, 1.807) is 25.1 Å². The number of likely N-dealkylation sites (N-methyl/N-ethyl adjacent to an activating group) is 1.